The third-order valence-corrected chi connectivity index (χ3v) is 7.55. The van der Waals surface area contributed by atoms with Gasteiger partial charge in [-0.15, -0.1) is 10.2 Å². The van der Waals surface area contributed by atoms with Gasteiger partial charge in [0.05, 0.1) is 49.9 Å². The Morgan fingerprint density at radius 2 is 1.25 bits per heavy atom. The summed E-state index contributed by atoms with van der Waals surface area (Å²) in [4.78, 5) is 0. The summed E-state index contributed by atoms with van der Waals surface area (Å²) >= 11 is 3.34. The molecule has 4 atom stereocenters. The topological polar surface area (TPSA) is 79.9 Å². The summed E-state index contributed by atoms with van der Waals surface area (Å²) in [5.41, 5.74) is 4.06. The Balaban J connectivity index is 1.00. The van der Waals surface area contributed by atoms with Crippen LogP contribution in [0, 0.1) is 0 Å². The number of nitrogens with zero attached hydrogens (tertiary/aromatic N) is 6. The van der Waals surface area contributed by atoms with Crippen LogP contribution in [0.5, 0.6) is 0 Å². The van der Waals surface area contributed by atoms with E-state index in [1.54, 1.807) is 22.7 Å². The normalized spacial score (nSPS) is 25.6. The van der Waals surface area contributed by atoms with Gasteiger partial charge in [-0.2, -0.15) is 22.7 Å². The lowest BCUT2D eigenvalue weighted by atomic mass is 10.1. The second kappa shape index (κ2) is 8.86. The number of hydrogen-bond donors (Lipinski definition) is 0. The van der Waals surface area contributed by atoms with E-state index in [1.807, 2.05) is 21.8 Å². The van der Waals surface area contributed by atoms with E-state index in [9.17, 15) is 0 Å². The average Bonchev–Trinajstić information content (AvgIpc) is 3.64. The molecule has 2 saturated heterocycles. The van der Waals surface area contributed by atoms with Crippen molar-refractivity contribution in [2.24, 2.45) is 0 Å². The van der Waals surface area contributed by atoms with E-state index in [0.717, 1.165) is 61.3 Å². The van der Waals surface area contributed by atoms with Crippen LogP contribution in [0.1, 0.15) is 25.7 Å². The third kappa shape index (κ3) is 4.27. The zero-order valence-corrected chi connectivity index (χ0v) is 19.1. The van der Waals surface area contributed by atoms with Crippen LogP contribution in [-0.4, -0.2) is 54.4 Å². The van der Waals surface area contributed by atoms with Gasteiger partial charge in [0.15, 0.2) is 0 Å². The maximum absolute atomic E-state index is 6.36. The molecule has 0 aromatic carbocycles. The predicted molar refractivity (Wildman–Crippen MR) is 122 cm³/mol. The number of aromatic nitrogens is 6. The van der Waals surface area contributed by atoms with Crippen LogP contribution < -0.4 is 0 Å². The Hall–Kier alpha value is -2.40. The molecular formula is C22H24N6O2S2. The minimum atomic E-state index is 0.155. The summed E-state index contributed by atoms with van der Waals surface area (Å²) in [5, 5.41) is 25.4. The standard InChI is InChI=1S/C22H24N6O2S2/c1-3-21(29-17(1)9-27-11-19(23-25-27)15-5-7-31-13-15)22-4-2-18(30-22)10-28-12-20(24-26-28)16-6-8-32-14-16/h5-8,11-14,17-18,21-22H,1-4,9-10H2/t17-,18-,21+,22+/m1/s1. The molecule has 0 bridgehead atoms. The van der Waals surface area contributed by atoms with Crippen molar-refractivity contribution in [3.63, 3.8) is 0 Å². The molecule has 166 valence electrons. The second-order valence-corrected chi connectivity index (χ2v) is 9.98. The Labute approximate surface area is 193 Å². The molecule has 0 saturated carbocycles. The van der Waals surface area contributed by atoms with Crippen molar-refractivity contribution in [2.75, 3.05) is 0 Å². The van der Waals surface area contributed by atoms with Crippen LogP contribution in [0.4, 0.5) is 0 Å². The summed E-state index contributed by atoms with van der Waals surface area (Å²) in [6.45, 7) is 1.46. The highest BCUT2D eigenvalue weighted by molar-refractivity contribution is 7.08. The van der Waals surface area contributed by atoms with E-state index in [4.69, 9.17) is 9.47 Å². The predicted octanol–water partition coefficient (Wildman–Crippen LogP) is 4.12. The highest BCUT2D eigenvalue weighted by atomic mass is 32.1. The molecule has 4 aromatic heterocycles. The van der Waals surface area contributed by atoms with Crippen molar-refractivity contribution >= 4 is 22.7 Å². The second-order valence-electron chi connectivity index (χ2n) is 8.42. The lowest BCUT2D eigenvalue weighted by Gasteiger charge is -2.20. The fraction of sp³-hybridized carbons (Fsp3) is 0.455. The molecular weight excluding hydrogens is 444 g/mol. The summed E-state index contributed by atoms with van der Waals surface area (Å²) in [6.07, 6.45) is 8.73. The summed E-state index contributed by atoms with van der Waals surface area (Å²) < 4.78 is 16.5. The molecule has 6 heterocycles. The van der Waals surface area contributed by atoms with Crippen LogP contribution in [0.25, 0.3) is 22.5 Å². The molecule has 0 unspecified atom stereocenters. The van der Waals surface area contributed by atoms with Crippen LogP contribution in [0.15, 0.2) is 46.0 Å². The van der Waals surface area contributed by atoms with Gasteiger partial charge in [0.1, 0.15) is 11.4 Å². The van der Waals surface area contributed by atoms with Gasteiger partial charge >= 0.3 is 0 Å². The molecule has 0 N–H and O–H groups in total. The van der Waals surface area contributed by atoms with Crippen LogP contribution in [0.3, 0.4) is 0 Å². The summed E-state index contributed by atoms with van der Waals surface area (Å²) in [5.74, 6) is 0. The Kier molecular flexibility index (Phi) is 5.60. The van der Waals surface area contributed by atoms with Gasteiger partial charge in [-0.05, 0) is 48.6 Å². The molecule has 0 aliphatic carbocycles. The van der Waals surface area contributed by atoms with E-state index in [1.165, 1.54) is 0 Å². The molecule has 10 heteroatoms. The highest BCUT2D eigenvalue weighted by Crippen LogP contribution is 2.32. The first kappa shape index (κ1) is 20.2. The first-order valence-corrected chi connectivity index (χ1v) is 12.8. The molecule has 0 spiro atoms. The van der Waals surface area contributed by atoms with E-state index in [0.29, 0.717) is 0 Å². The maximum atomic E-state index is 6.36. The van der Waals surface area contributed by atoms with E-state index >= 15 is 0 Å². The van der Waals surface area contributed by atoms with Crippen molar-refractivity contribution in [2.45, 2.75) is 63.2 Å². The van der Waals surface area contributed by atoms with Crippen molar-refractivity contribution in [3.8, 4) is 22.5 Å². The largest absolute Gasteiger partial charge is 0.370 e. The van der Waals surface area contributed by atoms with Crippen molar-refractivity contribution < 1.29 is 9.47 Å². The van der Waals surface area contributed by atoms with Crippen molar-refractivity contribution in [1.82, 2.24) is 30.0 Å². The Morgan fingerprint density at radius 1 is 0.750 bits per heavy atom. The SMILES string of the molecule is c1cc(-c2cn(C[C@H]3CC[C@@H]([C@@H]4CC[C@H](Cn5cc(-c6ccsc6)nn5)O4)O3)nn2)cs1. The first-order chi connectivity index (χ1) is 15.8. The molecule has 0 radical (unpaired) electrons. The molecule has 2 fully saturated rings. The van der Waals surface area contributed by atoms with E-state index in [2.05, 4.69) is 54.3 Å². The number of ether oxygens (including phenoxy) is 2. The lowest BCUT2D eigenvalue weighted by Crippen LogP contribution is -2.29. The highest BCUT2D eigenvalue weighted by Gasteiger charge is 2.37. The van der Waals surface area contributed by atoms with E-state index in [-0.39, 0.29) is 24.4 Å². The minimum absolute atomic E-state index is 0.155. The van der Waals surface area contributed by atoms with Crippen molar-refractivity contribution in [1.29, 1.82) is 0 Å². The molecule has 4 aromatic rings. The van der Waals surface area contributed by atoms with Gasteiger partial charge in [-0.25, -0.2) is 9.36 Å². The average molecular weight is 469 g/mol. The van der Waals surface area contributed by atoms with Crippen LogP contribution in [0.2, 0.25) is 0 Å². The number of rotatable bonds is 7. The molecule has 8 nitrogen and oxygen atoms in total. The quantitative estimate of drug-likeness (QED) is 0.406. The molecule has 2 aliphatic rings. The van der Waals surface area contributed by atoms with E-state index < -0.39 is 0 Å². The zero-order chi connectivity index (χ0) is 21.3. The van der Waals surface area contributed by atoms with Crippen LogP contribution in [-0.2, 0) is 22.6 Å². The van der Waals surface area contributed by atoms with Gasteiger partial charge in [-0.3, -0.25) is 0 Å². The third-order valence-electron chi connectivity index (χ3n) is 6.19. The fourth-order valence-corrected chi connectivity index (χ4v) is 5.86. The van der Waals surface area contributed by atoms with Gasteiger partial charge in [0.2, 0.25) is 0 Å². The molecule has 0 amide bonds. The fourth-order valence-electron chi connectivity index (χ4n) is 4.56. The first-order valence-electron chi connectivity index (χ1n) is 11.0. The van der Waals surface area contributed by atoms with Gasteiger partial charge in [0.25, 0.3) is 0 Å². The maximum Gasteiger partial charge on any atom is 0.113 e. The van der Waals surface area contributed by atoms with Crippen molar-refractivity contribution in [3.05, 3.63) is 46.0 Å². The van der Waals surface area contributed by atoms with Crippen LogP contribution >= 0.6 is 22.7 Å². The molecule has 32 heavy (non-hydrogen) atoms. The Morgan fingerprint density at radius 3 is 1.69 bits per heavy atom. The Bertz CT molecular complexity index is 1050. The summed E-state index contributed by atoms with van der Waals surface area (Å²) in [7, 11) is 0. The lowest BCUT2D eigenvalue weighted by molar-refractivity contribution is -0.0713. The summed E-state index contributed by atoms with van der Waals surface area (Å²) in [6, 6.07) is 4.13. The van der Waals surface area contributed by atoms with Gasteiger partial charge in [0, 0.05) is 21.9 Å². The smallest absolute Gasteiger partial charge is 0.113 e. The number of thiophene rings is 2. The zero-order valence-electron chi connectivity index (χ0n) is 17.5. The van der Waals surface area contributed by atoms with Gasteiger partial charge < -0.3 is 9.47 Å². The molecule has 2 aliphatic heterocycles. The monoisotopic (exact) mass is 468 g/mol. The van der Waals surface area contributed by atoms with Gasteiger partial charge in [-0.1, -0.05) is 10.4 Å². The number of hydrogen-bond acceptors (Lipinski definition) is 8. The minimum Gasteiger partial charge on any atom is -0.370 e. The molecule has 6 rings (SSSR count).